The average Bonchev–Trinajstić information content (AvgIpc) is 2.36. The number of rotatable bonds is 3. The van der Waals surface area contributed by atoms with E-state index in [1.807, 2.05) is 0 Å². The fourth-order valence-corrected chi connectivity index (χ4v) is 1.86. The molecule has 0 aromatic carbocycles. The van der Waals surface area contributed by atoms with Crippen LogP contribution in [-0.2, 0) is 11.4 Å². The lowest BCUT2D eigenvalue weighted by molar-refractivity contribution is 0.184. The maximum absolute atomic E-state index is 11.8. The molecule has 1 heterocycles. The smallest absolute Gasteiger partial charge is 0.422 e. The van der Waals surface area contributed by atoms with Gasteiger partial charge >= 0.3 is 12.2 Å². The van der Waals surface area contributed by atoms with E-state index in [2.05, 4.69) is 9.38 Å². The summed E-state index contributed by atoms with van der Waals surface area (Å²) in [5, 5.41) is 17.9. The van der Waals surface area contributed by atoms with Gasteiger partial charge in [0.2, 0.25) is 0 Å². The zero-order chi connectivity index (χ0) is 17.1. The van der Waals surface area contributed by atoms with Crippen LogP contribution >= 0.6 is 11.6 Å². The summed E-state index contributed by atoms with van der Waals surface area (Å²) in [6, 6.07) is 2.42. The molecule has 22 heavy (non-hydrogen) atoms. The fraction of sp³-hybridized carbons (Fsp3) is 0.333. The molecule has 1 aromatic heterocycles. The molecular weight excluding hydrogens is 334 g/mol. The first-order valence-corrected chi connectivity index (χ1v) is 7.41. The molecule has 0 radical (unpaired) electrons. The van der Waals surface area contributed by atoms with Gasteiger partial charge < -0.3 is 14.8 Å². The molecule has 2 N–H and O–H groups in total. The van der Waals surface area contributed by atoms with Gasteiger partial charge in [-0.05, 0) is 32.9 Å². The lowest BCUT2D eigenvalue weighted by Gasteiger charge is -2.17. The summed E-state index contributed by atoms with van der Waals surface area (Å²) in [6.45, 7) is 5.17. The Hall–Kier alpha value is -1.84. The Labute approximate surface area is 134 Å². The molecule has 0 unspecified atom stereocenters. The quantitative estimate of drug-likeness (QED) is 0.639. The average molecular weight is 348 g/mol. The summed E-state index contributed by atoms with van der Waals surface area (Å²) >= 11 is 4.34. The second-order valence-corrected chi connectivity index (χ2v) is 7.37. The number of hydrogen-bond acceptors (Lipinski definition) is 5. The van der Waals surface area contributed by atoms with Crippen LogP contribution in [0.5, 0.6) is 0 Å². The van der Waals surface area contributed by atoms with E-state index in [0.29, 0.717) is 0 Å². The van der Waals surface area contributed by atoms with Crippen LogP contribution < -0.4 is 4.90 Å². The minimum Gasteiger partial charge on any atom is -0.591 e. The third-order valence-electron chi connectivity index (χ3n) is 2.26. The van der Waals surface area contributed by atoms with E-state index in [4.69, 9.17) is 21.8 Å². The second-order valence-electron chi connectivity index (χ2n) is 5.03. The van der Waals surface area contributed by atoms with Crippen molar-refractivity contribution in [2.75, 3.05) is 4.90 Å². The normalized spacial score (nSPS) is 13.1. The minimum absolute atomic E-state index is 0.0178. The van der Waals surface area contributed by atoms with Crippen molar-refractivity contribution in [2.24, 2.45) is 4.40 Å². The third-order valence-corrected chi connectivity index (χ3v) is 3.93. The third kappa shape index (κ3) is 4.58. The molecule has 1 aromatic rings. The Morgan fingerprint density at radius 1 is 1.36 bits per heavy atom. The molecule has 0 bridgehead atoms. The number of amides is 2. The van der Waals surface area contributed by atoms with E-state index < -0.39 is 28.3 Å². The van der Waals surface area contributed by atoms with Crippen molar-refractivity contribution in [1.82, 2.24) is 4.98 Å². The largest absolute Gasteiger partial charge is 0.591 e. The van der Waals surface area contributed by atoms with Gasteiger partial charge in [0.1, 0.15) is 33.8 Å². The summed E-state index contributed by atoms with van der Waals surface area (Å²) in [7, 11) is 0. The number of carbonyl (C=O) groups is 2. The van der Waals surface area contributed by atoms with Crippen LogP contribution in [0.2, 0.25) is 5.02 Å². The van der Waals surface area contributed by atoms with Crippen molar-refractivity contribution in [3.8, 4) is 0 Å². The number of anilines is 1. The zero-order valence-corrected chi connectivity index (χ0v) is 13.6. The van der Waals surface area contributed by atoms with Crippen LogP contribution in [0.1, 0.15) is 26.5 Å². The van der Waals surface area contributed by atoms with Crippen molar-refractivity contribution in [3.63, 3.8) is 0 Å². The van der Waals surface area contributed by atoms with Crippen LogP contribution in [0.4, 0.5) is 15.4 Å². The molecule has 10 heteroatoms. The van der Waals surface area contributed by atoms with Crippen LogP contribution in [0.15, 0.2) is 16.5 Å². The lowest BCUT2D eigenvalue weighted by atomic mass is 10.3. The molecule has 0 spiro atoms. The molecule has 0 aliphatic heterocycles. The summed E-state index contributed by atoms with van der Waals surface area (Å²) < 4.78 is 15.0. The second kappa shape index (κ2) is 6.95. The van der Waals surface area contributed by atoms with Crippen molar-refractivity contribution < 1.29 is 24.4 Å². The van der Waals surface area contributed by atoms with E-state index in [1.54, 1.807) is 20.8 Å². The number of hydrogen-bond donors (Lipinski definition) is 2. The summed E-state index contributed by atoms with van der Waals surface area (Å²) in [4.78, 5) is 25.7. The van der Waals surface area contributed by atoms with Gasteiger partial charge in [0.15, 0.2) is 0 Å². The first-order valence-electron chi connectivity index (χ1n) is 5.92. The van der Waals surface area contributed by atoms with E-state index in [0.717, 1.165) is 12.3 Å². The van der Waals surface area contributed by atoms with Gasteiger partial charge in [0, 0.05) is 0 Å². The van der Waals surface area contributed by atoms with Crippen LogP contribution in [0, 0.1) is 0 Å². The molecule has 0 saturated carbocycles. The number of aromatic nitrogens is 1. The minimum atomic E-state index is -1.71. The van der Waals surface area contributed by atoms with Gasteiger partial charge in [-0.2, -0.15) is 4.90 Å². The fourth-order valence-electron chi connectivity index (χ4n) is 1.20. The summed E-state index contributed by atoms with van der Waals surface area (Å²) in [5.41, 5.74) is 0.0178. The van der Waals surface area contributed by atoms with Crippen LogP contribution in [-0.4, -0.2) is 42.9 Å². The lowest BCUT2D eigenvalue weighted by Crippen LogP contribution is -2.35. The zero-order valence-electron chi connectivity index (χ0n) is 12.0. The summed E-state index contributed by atoms with van der Waals surface area (Å²) in [6.07, 6.45) is -2.29. The predicted molar refractivity (Wildman–Crippen MR) is 83.3 cm³/mol. The van der Waals surface area contributed by atoms with E-state index in [9.17, 15) is 14.1 Å². The van der Waals surface area contributed by atoms with Crippen molar-refractivity contribution in [3.05, 3.63) is 22.8 Å². The Morgan fingerprint density at radius 2 is 1.91 bits per heavy atom. The highest BCUT2D eigenvalue weighted by molar-refractivity contribution is 7.91. The Balaban J connectivity index is 3.18. The molecule has 8 nitrogen and oxygen atoms in total. The SMILES string of the molecule is CC(C)(C)[S@@+]([O-])/N=C/c1nc(N(C(=O)O)C(=O)O)ccc1Cl. The first-order chi connectivity index (χ1) is 10.0. The molecule has 0 saturated heterocycles. The molecular formula is C12H14ClN3O5S. The molecule has 1 atom stereocenters. The molecule has 120 valence electrons. The maximum Gasteiger partial charge on any atom is 0.422 e. The molecule has 0 aliphatic rings. The molecule has 0 fully saturated rings. The Kier molecular flexibility index (Phi) is 5.75. The van der Waals surface area contributed by atoms with E-state index in [-0.39, 0.29) is 21.4 Å². The number of halogens is 1. The highest BCUT2D eigenvalue weighted by Gasteiger charge is 2.27. The molecule has 1 rings (SSSR count). The maximum atomic E-state index is 11.8. The van der Waals surface area contributed by atoms with Crippen molar-refractivity contribution in [2.45, 2.75) is 25.5 Å². The van der Waals surface area contributed by atoms with Gasteiger partial charge in [-0.15, -0.1) is 0 Å². The number of carboxylic acid groups (broad SMARTS) is 2. The van der Waals surface area contributed by atoms with Gasteiger partial charge in [-0.25, -0.2) is 14.6 Å². The highest BCUT2D eigenvalue weighted by atomic mass is 35.5. The van der Waals surface area contributed by atoms with E-state index in [1.165, 1.54) is 6.07 Å². The van der Waals surface area contributed by atoms with Gasteiger partial charge in [-0.3, -0.25) is 0 Å². The molecule has 2 amide bonds. The van der Waals surface area contributed by atoms with Crippen molar-refractivity contribution >= 4 is 47.2 Å². The Morgan fingerprint density at radius 3 is 2.36 bits per heavy atom. The predicted octanol–water partition coefficient (Wildman–Crippen LogP) is 2.78. The number of pyridine rings is 1. The standard InChI is InChI=1S/C12H14ClN3O5S/c1-12(2,3)22(21)14-6-8-7(13)4-5-9(15-8)16(10(17)18)11(19)20/h4-6H,1-3H3,(H,17,18)(H,19,20)/b14-6+/t22-/m1/s1. The van der Waals surface area contributed by atoms with Crippen molar-refractivity contribution in [1.29, 1.82) is 0 Å². The highest BCUT2D eigenvalue weighted by Crippen LogP contribution is 2.21. The number of nitrogens with zero attached hydrogens (tertiary/aromatic N) is 3. The topological polar surface area (TPSA) is 126 Å². The van der Waals surface area contributed by atoms with Gasteiger partial charge in [0.25, 0.3) is 0 Å². The van der Waals surface area contributed by atoms with E-state index >= 15 is 0 Å². The summed E-state index contributed by atoms with van der Waals surface area (Å²) in [5.74, 6) is -0.354. The monoisotopic (exact) mass is 347 g/mol. The first kappa shape index (κ1) is 18.2. The Bertz CT molecular complexity index is 603. The number of imide groups is 1. The van der Waals surface area contributed by atoms with Gasteiger partial charge in [-0.1, -0.05) is 16.0 Å². The van der Waals surface area contributed by atoms with Gasteiger partial charge in [0.05, 0.1) is 5.02 Å². The van der Waals surface area contributed by atoms with Crippen LogP contribution in [0.3, 0.4) is 0 Å². The van der Waals surface area contributed by atoms with Crippen LogP contribution in [0.25, 0.3) is 0 Å². The molecule has 0 aliphatic carbocycles.